The first-order valence-corrected chi connectivity index (χ1v) is 9.40. The Morgan fingerprint density at radius 1 is 1.31 bits per heavy atom. The summed E-state index contributed by atoms with van der Waals surface area (Å²) >= 11 is 7.28. The number of aliphatic hydroxyl groups is 1. The standard InChI is InChI=1S/C18H24ClN3O2S.HI/c1-3-20-18(22-12-15(23)16-7-8-17(19)25-16)21-10-9-13-5-4-6-14(11-13)24-2;/h4-8,11,15,23H,3,9-10,12H2,1-2H3,(H2,20,21,22);1H. The number of methoxy groups -OCH3 is 1. The molecule has 26 heavy (non-hydrogen) atoms. The van der Waals surface area contributed by atoms with Crippen molar-refractivity contribution in [1.29, 1.82) is 0 Å². The molecule has 1 atom stereocenters. The fourth-order valence-electron chi connectivity index (χ4n) is 2.27. The third kappa shape index (κ3) is 7.69. The van der Waals surface area contributed by atoms with Gasteiger partial charge in [0.1, 0.15) is 11.9 Å². The highest BCUT2D eigenvalue weighted by Crippen LogP contribution is 2.26. The summed E-state index contributed by atoms with van der Waals surface area (Å²) in [5.41, 5.74) is 1.19. The molecule has 0 aliphatic heterocycles. The van der Waals surface area contributed by atoms with E-state index in [4.69, 9.17) is 16.3 Å². The molecule has 2 aromatic rings. The van der Waals surface area contributed by atoms with E-state index < -0.39 is 6.10 Å². The van der Waals surface area contributed by atoms with Crippen LogP contribution in [0.3, 0.4) is 0 Å². The van der Waals surface area contributed by atoms with Gasteiger partial charge in [-0.25, -0.2) is 0 Å². The maximum absolute atomic E-state index is 10.2. The number of hydrogen-bond donors (Lipinski definition) is 3. The fourth-order valence-corrected chi connectivity index (χ4v) is 3.31. The molecule has 8 heteroatoms. The quantitative estimate of drug-likeness (QED) is 0.287. The number of rotatable bonds is 8. The van der Waals surface area contributed by atoms with Crippen LogP contribution in [0.2, 0.25) is 4.34 Å². The van der Waals surface area contributed by atoms with Gasteiger partial charge in [-0.2, -0.15) is 0 Å². The van der Waals surface area contributed by atoms with Gasteiger partial charge in [-0.3, -0.25) is 4.99 Å². The van der Waals surface area contributed by atoms with Crippen LogP contribution in [0.5, 0.6) is 5.75 Å². The van der Waals surface area contributed by atoms with Crippen molar-refractivity contribution in [2.75, 3.05) is 26.7 Å². The van der Waals surface area contributed by atoms with Crippen molar-refractivity contribution in [3.63, 3.8) is 0 Å². The van der Waals surface area contributed by atoms with E-state index in [0.29, 0.717) is 10.3 Å². The molecule has 1 heterocycles. The number of thiophene rings is 1. The number of hydrogen-bond acceptors (Lipinski definition) is 4. The minimum absolute atomic E-state index is 0. The molecule has 5 nitrogen and oxygen atoms in total. The Bertz CT molecular complexity index is 697. The van der Waals surface area contributed by atoms with E-state index in [9.17, 15) is 5.11 Å². The fraction of sp³-hybridized carbons (Fsp3) is 0.389. The Morgan fingerprint density at radius 2 is 2.12 bits per heavy atom. The zero-order valence-electron chi connectivity index (χ0n) is 14.9. The number of aliphatic imine (C=N–C) groups is 1. The van der Waals surface area contributed by atoms with E-state index in [1.54, 1.807) is 13.2 Å². The van der Waals surface area contributed by atoms with Gasteiger partial charge in [0.2, 0.25) is 0 Å². The van der Waals surface area contributed by atoms with Crippen molar-refractivity contribution in [1.82, 2.24) is 10.6 Å². The van der Waals surface area contributed by atoms with Crippen LogP contribution in [-0.4, -0.2) is 37.8 Å². The summed E-state index contributed by atoms with van der Waals surface area (Å²) in [6, 6.07) is 11.6. The molecule has 3 N–H and O–H groups in total. The molecule has 0 spiro atoms. The van der Waals surface area contributed by atoms with E-state index >= 15 is 0 Å². The molecule has 0 radical (unpaired) electrons. The van der Waals surface area contributed by atoms with Crippen molar-refractivity contribution in [3.8, 4) is 5.75 Å². The summed E-state index contributed by atoms with van der Waals surface area (Å²) in [6.07, 6.45) is 0.205. The number of halogens is 2. The van der Waals surface area contributed by atoms with Crippen LogP contribution in [0.1, 0.15) is 23.5 Å². The molecule has 0 bridgehead atoms. The molecule has 0 aliphatic carbocycles. The second-order valence-corrected chi connectivity index (χ2v) is 7.15. The molecule has 0 aliphatic rings. The molecule has 0 fully saturated rings. The van der Waals surface area contributed by atoms with E-state index in [1.807, 2.05) is 31.2 Å². The second-order valence-electron chi connectivity index (χ2n) is 5.41. The number of benzene rings is 1. The average Bonchev–Trinajstić information content (AvgIpc) is 3.06. The summed E-state index contributed by atoms with van der Waals surface area (Å²) in [4.78, 5) is 5.27. The monoisotopic (exact) mass is 509 g/mol. The van der Waals surface area contributed by atoms with Gasteiger partial charge in [0.25, 0.3) is 0 Å². The van der Waals surface area contributed by atoms with Crippen molar-refractivity contribution < 1.29 is 9.84 Å². The predicted octanol–water partition coefficient (Wildman–Crippen LogP) is 3.86. The zero-order chi connectivity index (χ0) is 18.1. The first kappa shape index (κ1) is 23.0. The van der Waals surface area contributed by atoms with E-state index in [0.717, 1.165) is 30.1 Å². The topological polar surface area (TPSA) is 65.9 Å². The SMILES string of the molecule is CCNC(=NCC(O)c1ccc(Cl)s1)NCCc1cccc(OC)c1.I. The number of nitrogens with one attached hydrogen (secondary N) is 2. The molecule has 144 valence electrons. The first-order chi connectivity index (χ1) is 12.1. The maximum Gasteiger partial charge on any atom is 0.191 e. The summed E-state index contributed by atoms with van der Waals surface area (Å²) < 4.78 is 5.90. The van der Waals surface area contributed by atoms with Crippen LogP contribution in [0.25, 0.3) is 0 Å². The van der Waals surface area contributed by atoms with Gasteiger partial charge in [0, 0.05) is 18.0 Å². The van der Waals surface area contributed by atoms with Gasteiger partial charge in [-0.05, 0) is 43.2 Å². The third-order valence-electron chi connectivity index (χ3n) is 3.53. The molecule has 2 rings (SSSR count). The van der Waals surface area contributed by atoms with Crippen molar-refractivity contribution in [2.24, 2.45) is 4.99 Å². The summed E-state index contributed by atoms with van der Waals surface area (Å²) in [7, 11) is 1.67. The van der Waals surface area contributed by atoms with Crippen molar-refractivity contribution in [2.45, 2.75) is 19.4 Å². The summed E-state index contributed by atoms with van der Waals surface area (Å²) in [5.74, 6) is 1.54. The molecular weight excluding hydrogens is 485 g/mol. The lowest BCUT2D eigenvalue weighted by Crippen LogP contribution is -2.38. The zero-order valence-corrected chi connectivity index (χ0v) is 18.8. The predicted molar refractivity (Wildman–Crippen MR) is 120 cm³/mol. The van der Waals surface area contributed by atoms with E-state index in [-0.39, 0.29) is 30.5 Å². The molecular formula is C18H25ClIN3O2S. The number of ether oxygens (including phenoxy) is 1. The largest absolute Gasteiger partial charge is 0.497 e. The Labute approximate surface area is 180 Å². The minimum Gasteiger partial charge on any atom is -0.497 e. The Hall–Kier alpha value is -1.03. The van der Waals surface area contributed by atoms with Crippen LogP contribution < -0.4 is 15.4 Å². The Balaban J connectivity index is 0.00000338. The third-order valence-corrected chi connectivity index (χ3v) is 4.86. The first-order valence-electron chi connectivity index (χ1n) is 8.20. The molecule has 0 amide bonds. The van der Waals surface area contributed by atoms with Gasteiger partial charge in [0.15, 0.2) is 5.96 Å². The van der Waals surface area contributed by atoms with Crippen LogP contribution >= 0.6 is 46.9 Å². The summed E-state index contributed by atoms with van der Waals surface area (Å²) in [6.45, 7) is 3.78. The molecule has 1 aromatic carbocycles. The molecule has 0 saturated heterocycles. The second kappa shape index (κ2) is 12.4. The molecule has 1 unspecified atom stereocenters. The van der Waals surface area contributed by atoms with Gasteiger partial charge in [-0.15, -0.1) is 35.3 Å². The van der Waals surface area contributed by atoms with Crippen LogP contribution in [0, 0.1) is 0 Å². The van der Waals surface area contributed by atoms with Crippen LogP contribution in [0.4, 0.5) is 0 Å². The average molecular weight is 510 g/mol. The normalized spacial score (nSPS) is 12.2. The Morgan fingerprint density at radius 3 is 2.77 bits per heavy atom. The lowest BCUT2D eigenvalue weighted by atomic mass is 10.1. The summed E-state index contributed by atoms with van der Waals surface area (Å²) in [5, 5.41) is 16.7. The lowest BCUT2D eigenvalue weighted by molar-refractivity contribution is 0.191. The molecule has 0 saturated carbocycles. The maximum atomic E-state index is 10.2. The van der Waals surface area contributed by atoms with Gasteiger partial charge >= 0.3 is 0 Å². The lowest BCUT2D eigenvalue weighted by Gasteiger charge is -2.13. The molecule has 1 aromatic heterocycles. The number of nitrogens with zero attached hydrogens (tertiary/aromatic N) is 1. The number of aliphatic hydroxyl groups excluding tert-OH is 1. The van der Waals surface area contributed by atoms with Crippen molar-refractivity contribution >= 4 is 52.9 Å². The smallest absolute Gasteiger partial charge is 0.191 e. The van der Waals surface area contributed by atoms with E-state index in [2.05, 4.69) is 21.7 Å². The Kier molecular flexibility index (Phi) is 11.0. The van der Waals surface area contributed by atoms with Gasteiger partial charge < -0.3 is 20.5 Å². The number of guanidine groups is 1. The van der Waals surface area contributed by atoms with E-state index in [1.165, 1.54) is 16.9 Å². The van der Waals surface area contributed by atoms with Crippen LogP contribution in [-0.2, 0) is 6.42 Å². The highest BCUT2D eigenvalue weighted by molar-refractivity contribution is 14.0. The van der Waals surface area contributed by atoms with Gasteiger partial charge in [-0.1, -0.05) is 23.7 Å². The minimum atomic E-state index is -0.647. The van der Waals surface area contributed by atoms with Gasteiger partial charge in [0.05, 0.1) is 18.0 Å². The van der Waals surface area contributed by atoms with Crippen LogP contribution in [0.15, 0.2) is 41.4 Å². The van der Waals surface area contributed by atoms with Crippen molar-refractivity contribution in [3.05, 3.63) is 51.2 Å². The highest BCUT2D eigenvalue weighted by Gasteiger charge is 2.10. The highest BCUT2D eigenvalue weighted by atomic mass is 127.